The van der Waals surface area contributed by atoms with E-state index in [9.17, 15) is 27.2 Å². The van der Waals surface area contributed by atoms with Crippen LogP contribution in [0.25, 0.3) is 0 Å². The fourth-order valence-electron chi connectivity index (χ4n) is 1.49. The topological polar surface area (TPSA) is 75.6 Å². The van der Waals surface area contributed by atoms with E-state index in [1.807, 2.05) is 0 Å². The van der Waals surface area contributed by atoms with Crippen molar-refractivity contribution in [2.24, 2.45) is 0 Å². The standard InChI is InChI=1S/C13H13F4NO4/c1-7(22-9-4-2-8(14)3-5-9)11(19)18-10(12(20)21)6-13(15,16)17/h2-5,7,10H,6H2,1H3,(H,18,19)(H,20,21). The zero-order valence-corrected chi connectivity index (χ0v) is 11.4. The number of carboxylic acid groups (broad SMARTS) is 1. The number of benzene rings is 1. The predicted molar refractivity (Wildman–Crippen MR) is 66.7 cm³/mol. The first-order valence-corrected chi connectivity index (χ1v) is 6.10. The summed E-state index contributed by atoms with van der Waals surface area (Å²) < 4.78 is 54.4. The number of ether oxygens (including phenoxy) is 1. The van der Waals surface area contributed by atoms with Crippen LogP contribution in [0.3, 0.4) is 0 Å². The summed E-state index contributed by atoms with van der Waals surface area (Å²) in [6.45, 7) is 1.23. The molecule has 9 heteroatoms. The molecule has 0 aliphatic heterocycles. The van der Waals surface area contributed by atoms with Gasteiger partial charge in [-0.05, 0) is 31.2 Å². The Bertz CT molecular complexity index is 530. The van der Waals surface area contributed by atoms with Crippen molar-refractivity contribution in [2.75, 3.05) is 0 Å². The molecule has 0 bridgehead atoms. The summed E-state index contributed by atoms with van der Waals surface area (Å²) in [6.07, 6.45) is -7.69. The minimum Gasteiger partial charge on any atom is -0.481 e. The van der Waals surface area contributed by atoms with Crippen molar-refractivity contribution < 1.29 is 37.0 Å². The average molecular weight is 323 g/mol. The molecule has 122 valence electrons. The van der Waals surface area contributed by atoms with Crippen LogP contribution in [0.15, 0.2) is 24.3 Å². The van der Waals surface area contributed by atoms with Crippen molar-refractivity contribution in [2.45, 2.75) is 31.7 Å². The number of hydrogen-bond acceptors (Lipinski definition) is 3. The van der Waals surface area contributed by atoms with E-state index in [0.717, 1.165) is 12.1 Å². The lowest BCUT2D eigenvalue weighted by Gasteiger charge is -2.19. The van der Waals surface area contributed by atoms with Gasteiger partial charge in [-0.3, -0.25) is 4.79 Å². The second-order valence-corrected chi connectivity index (χ2v) is 4.43. The van der Waals surface area contributed by atoms with Crippen LogP contribution in [-0.2, 0) is 9.59 Å². The van der Waals surface area contributed by atoms with Crippen LogP contribution in [-0.4, -0.2) is 35.3 Å². The monoisotopic (exact) mass is 323 g/mol. The smallest absolute Gasteiger partial charge is 0.391 e. The van der Waals surface area contributed by atoms with Gasteiger partial charge in [0.1, 0.15) is 17.6 Å². The third-order valence-electron chi connectivity index (χ3n) is 2.55. The van der Waals surface area contributed by atoms with Gasteiger partial charge in [0.25, 0.3) is 5.91 Å². The minimum atomic E-state index is -4.74. The van der Waals surface area contributed by atoms with Gasteiger partial charge in [-0.25, -0.2) is 9.18 Å². The summed E-state index contributed by atoms with van der Waals surface area (Å²) in [5, 5.41) is 10.4. The maximum atomic E-state index is 12.7. The van der Waals surface area contributed by atoms with E-state index in [1.165, 1.54) is 19.1 Å². The summed E-state index contributed by atoms with van der Waals surface area (Å²) in [5.41, 5.74) is 0. The first-order chi connectivity index (χ1) is 10.1. The summed E-state index contributed by atoms with van der Waals surface area (Å²) in [4.78, 5) is 22.4. The van der Waals surface area contributed by atoms with Crippen LogP contribution in [0.2, 0.25) is 0 Å². The summed E-state index contributed by atoms with van der Waals surface area (Å²) in [5.74, 6) is -3.24. The number of amides is 1. The van der Waals surface area contributed by atoms with E-state index in [1.54, 1.807) is 5.32 Å². The summed E-state index contributed by atoms with van der Waals surface area (Å²) >= 11 is 0. The molecule has 2 N–H and O–H groups in total. The second kappa shape index (κ2) is 7.10. The fourth-order valence-corrected chi connectivity index (χ4v) is 1.49. The third kappa shape index (κ3) is 5.98. The second-order valence-electron chi connectivity index (χ2n) is 4.43. The molecule has 22 heavy (non-hydrogen) atoms. The number of nitrogens with one attached hydrogen (secondary N) is 1. The molecule has 1 aromatic carbocycles. The molecular weight excluding hydrogens is 310 g/mol. The number of alkyl halides is 3. The maximum Gasteiger partial charge on any atom is 0.391 e. The van der Waals surface area contributed by atoms with Gasteiger partial charge in [-0.2, -0.15) is 13.2 Å². The van der Waals surface area contributed by atoms with Gasteiger partial charge in [-0.1, -0.05) is 0 Å². The average Bonchev–Trinajstić information content (AvgIpc) is 2.38. The highest BCUT2D eigenvalue weighted by Gasteiger charge is 2.37. The van der Waals surface area contributed by atoms with Gasteiger partial charge < -0.3 is 15.2 Å². The van der Waals surface area contributed by atoms with Crippen molar-refractivity contribution in [3.63, 3.8) is 0 Å². The van der Waals surface area contributed by atoms with Crippen LogP contribution >= 0.6 is 0 Å². The molecule has 0 aromatic heterocycles. The van der Waals surface area contributed by atoms with Crippen molar-refractivity contribution >= 4 is 11.9 Å². The normalized spacial score (nSPS) is 14.0. The predicted octanol–water partition coefficient (Wildman–Crippen LogP) is 2.11. The molecule has 5 nitrogen and oxygen atoms in total. The van der Waals surface area contributed by atoms with Crippen LogP contribution in [0.1, 0.15) is 13.3 Å². The van der Waals surface area contributed by atoms with Crippen LogP contribution in [0.4, 0.5) is 17.6 Å². The molecule has 0 spiro atoms. The Kier molecular flexibility index (Phi) is 5.72. The Morgan fingerprint density at radius 2 is 1.82 bits per heavy atom. The van der Waals surface area contributed by atoms with Crippen molar-refractivity contribution in [1.82, 2.24) is 5.32 Å². The Hall–Kier alpha value is -2.32. The van der Waals surface area contributed by atoms with Crippen molar-refractivity contribution in [3.8, 4) is 5.75 Å². The highest BCUT2D eigenvalue weighted by molar-refractivity contribution is 5.86. The quantitative estimate of drug-likeness (QED) is 0.786. The highest BCUT2D eigenvalue weighted by Crippen LogP contribution is 2.22. The van der Waals surface area contributed by atoms with Gasteiger partial charge in [0.15, 0.2) is 6.10 Å². The van der Waals surface area contributed by atoms with E-state index >= 15 is 0 Å². The molecule has 1 amide bonds. The molecule has 0 aliphatic rings. The first-order valence-electron chi connectivity index (χ1n) is 6.10. The van der Waals surface area contributed by atoms with E-state index in [2.05, 4.69) is 0 Å². The number of carbonyl (C=O) groups is 2. The van der Waals surface area contributed by atoms with Crippen molar-refractivity contribution in [3.05, 3.63) is 30.1 Å². The van der Waals surface area contributed by atoms with Crippen LogP contribution in [0, 0.1) is 5.82 Å². The van der Waals surface area contributed by atoms with E-state index < -0.39 is 42.4 Å². The molecule has 0 fully saturated rings. The fraction of sp³-hybridized carbons (Fsp3) is 0.385. The number of aliphatic carboxylic acids is 1. The minimum absolute atomic E-state index is 0.117. The Balaban J connectivity index is 2.65. The number of carboxylic acids is 1. The Morgan fingerprint density at radius 3 is 2.27 bits per heavy atom. The molecule has 0 radical (unpaired) electrons. The van der Waals surface area contributed by atoms with Gasteiger partial charge in [-0.15, -0.1) is 0 Å². The molecule has 2 unspecified atom stereocenters. The maximum absolute atomic E-state index is 12.7. The zero-order chi connectivity index (χ0) is 16.9. The Morgan fingerprint density at radius 1 is 1.27 bits per heavy atom. The lowest BCUT2D eigenvalue weighted by atomic mass is 10.2. The molecule has 0 heterocycles. The van der Waals surface area contributed by atoms with Gasteiger partial charge in [0.2, 0.25) is 0 Å². The molecular formula is C13H13F4NO4. The SMILES string of the molecule is CC(Oc1ccc(F)cc1)C(=O)NC(CC(F)(F)F)C(=O)O. The third-order valence-corrected chi connectivity index (χ3v) is 2.55. The molecule has 0 aliphatic carbocycles. The van der Waals surface area contributed by atoms with Gasteiger partial charge >= 0.3 is 12.1 Å². The molecule has 0 saturated heterocycles. The zero-order valence-electron chi connectivity index (χ0n) is 11.4. The molecule has 1 aromatic rings. The molecule has 0 saturated carbocycles. The number of rotatable bonds is 6. The Labute approximate surface area is 122 Å². The number of hydrogen-bond donors (Lipinski definition) is 2. The number of carbonyl (C=O) groups excluding carboxylic acids is 1. The van der Waals surface area contributed by atoms with E-state index in [4.69, 9.17) is 9.84 Å². The van der Waals surface area contributed by atoms with Gasteiger partial charge in [0.05, 0.1) is 6.42 Å². The molecule has 1 rings (SSSR count). The summed E-state index contributed by atoms with van der Waals surface area (Å²) in [6, 6.07) is 2.49. The lowest BCUT2D eigenvalue weighted by Crippen LogP contribution is -2.48. The summed E-state index contributed by atoms with van der Waals surface area (Å²) in [7, 11) is 0. The van der Waals surface area contributed by atoms with Crippen LogP contribution in [0.5, 0.6) is 5.75 Å². The van der Waals surface area contributed by atoms with Crippen molar-refractivity contribution in [1.29, 1.82) is 0 Å². The van der Waals surface area contributed by atoms with E-state index in [-0.39, 0.29) is 5.75 Å². The largest absolute Gasteiger partial charge is 0.481 e. The van der Waals surface area contributed by atoms with Crippen LogP contribution < -0.4 is 10.1 Å². The lowest BCUT2D eigenvalue weighted by molar-refractivity contribution is -0.160. The van der Waals surface area contributed by atoms with Gasteiger partial charge in [0, 0.05) is 0 Å². The number of halogens is 4. The first kappa shape index (κ1) is 17.7. The highest BCUT2D eigenvalue weighted by atomic mass is 19.4. The molecule has 2 atom stereocenters. The van der Waals surface area contributed by atoms with E-state index in [0.29, 0.717) is 0 Å².